The van der Waals surface area contributed by atoms with Crippen molar-refractivity contribution in [1.29, 1.82) is 0 Å². The van der Waals surface area contributed by atoms with Crippen LogP contribution in [0.1, 0.15) is 50.0 Å². The Balaban J connectivity index is 1.52. The number of esters is 1. The number of ketones is 1. The Morgan fingerprint density at radius 1 is 1.21 bits per heavy atom. The van der Waals surface area contributed by atoms with E-state index in [-0.39, 0.29) is 23.8 Å². The Morgan fingerprint density at radius 2 is 1.89 bits per heavy atom. The molecule has 1 amide bonds. The summed E-state index contributed by atoms with van der Waals surface area (Å²) in [7, 11) is -4.46. The van der Waals surface area contributed by atoms with E-state index in [2.05, 4.69) is 17.0 Å². The molecule has 0 aromatic heterocycles. The molecular formula is C33H39FN3O9P. The van der Waals surface area contributed by atoms with Crippen LogP contribution in [0, 0.1) is 0 Å². The lowest BCUT2D eigenvalue weighted by Gasteiger charge is -2.35. The van der Waals surface area contributed by atoms with Crippen molar-refractivity contribution in [1.82, 2.24) is 15.3 Å². The van der Waals surface area contributed by atoms with Crippen LogP contribution in [0.4, 0.5) is 4.39 Å². The van der Waals surface area contributed by atoms with E-state index in [0.29, 0.717) is 5.56 Å². The molecule has 12 nitrogen and oxygen atoms in total. The molecule has 2 aromatic carbocycles. The Labute approximate surface area is 272 Å². The van der Waals surface area contributed by atoms with E-state index in [1.54, 1.807) is 26.8 Å². The maximum absolute atomic E-state index is 15.8. The molecule has 0 aliphatic carbocycles. The number of hydrogen-bond donors (Lipinski definition) is 3. The van der Waals surface area contributed by atoms with E-state index in [1.807, 2.05) is 30.3 Å². The first kappa shape index (κ1) is 35.7. The second-order valence-electron chi connectivity index (χ2n) is 11.4. The number of alkyl halides is 1. The van der Waals surface area contributed by atoms with Crippen LogP contribution in [0.5, 0.6) is 5.75 Å². The lowest BCUT2D eigenvalue weighted by atomic mass is 9.98. The minimum Gasteiger partial charge on any atom is -0.462 e. The van der Waals surface area contributed by atoms with Gasteiger partial charge in [-0.1, -0.05) is 49.9 Å². The Hall–Kier alpha value is -4.13. The first-order valence-corrected chi connectivity index (χ1v) is 16.6. The second-order valence-corrected chi connectivity index (χ2v) is 13.1. The third-order valence-corrected chi connectivity index (χ3v) is 8.86. The number of nitrogens with zero attached hydrogens (tertiary/aromatic N) is 1. The van der Waals surface area contributed by atoms with Gasteiger partial charge in [-0.2, -0.15) is 5.09 Å². The van der Waals surface area contributed by atoms with Crippen molar-refractivity contribution in [3.05, 3.63) is 96.5 Å². The number of carbonyl (C=O) groups is 3. The molecule has 1 fully saturated rings. The number of ether oxygens (including phenoxy) is 2. The zero-order chi connectivity index (χ0) is 34.4. The smallest absolute Gasteiger partial charge is 0.459 e. The summed E-state index contributed by atoms with van der Waals surface area (Å²) in [4.78, 5) is 38.3. The topological polar surface area (TPSA) is 153 Å². The van der Waals surface area contributed by atoms with Gasteiger partial charge in [-0.05, 0) is 63.1 Å². The average Bonchev–Trinajstić information content (AvgIpc) is 3.25. The minimum atomic E-state index is -4.46. The summed E-state index contributed by atoms with van der Waals surface area (Å²) in [5, 5.41) is 15.9. The van der Waals surface area contributed by atoms with Gasteiger partial charge in [0.25, 0.3) is 5.91 Å². The summed E-state index contributed by atoms with van der Waals surface area (Å²) in [6, 6.07) is 13.9. The van der Waals surface area contributed by atoms with E-state index in [4.69, 9.17) is 18.5 Å². The second kappa shape index (κ2) is 15.2. The Bertz CT molecular complexity index is 1560. The minimum absolute atomic E-state index is 0.0303. The van der Waals surface area contributed by atoms with Crippen molar-refractivity contribution in [3.8, 4) is 5.75 Å². The normalized spacial score (nSPS) is 24.7. The molecule has 4 rings (SSSR count). The van der Waals surface area contributed by atoms with Gasteiger partial charge in [0.05, 0.1) is 12.7 Å². The van der Waals surface area contributed by atoms with Crippen LogP contribution < -0.4 is 14.9 Å². The molecule has 2 aromatic rings. The maximum Gasteiger partial charge on any atom is 0.459 e. The predicted molar refractivity (Wildman–Crippen MR) is 171 cm³/mol. The number of hydrogen-bond acceptors (Lipinski definition) is 10. The zero-order valence-corrected chi connectivity index (χ0v) is 27.4. The molecule has 14 heteroatoms. The summed E-state index contributed by atoms with van der Waals surface area (Å²) in [6.45, 7) is 9.17. The maximum atomic E-state index is 15.8. The first-order chi connectivity index (χ1) is 22.2. The molecule has 47 heavy (non-hydrogen) atoms. The van der Waals surface area contributed by atoms with Crippen molar-refractivity contribution in [2.45, 2.75) is 70.4 Å². The van der Waals surface area contributed by atoms with Gasteiger partial charge in [0.2, 0.25) is 0 Å². The van der Waals surface area contributed by atoms with Crippen LogP contribution in [0.25, 0.3) is 6.08 Å². The molecule has 6 atom stereocenters. The van der Waals surface area contributed by atoms with Gasteiger partial charge in [-0.15, -0.1) is 0 Å². The average molecular weight is 672 g/mol. The van der Waals surface area contributed by atoms with Crippen molar-refractivity contribution < 1.29 is 47.0 Å². The molecule has 1 saturated heterocycles. The highest BCUT2D eigenvalue weighted by atomic mass is 31.2. The third-order valence-electron chi connectivity index (χ3n) is 7.29. The van der Waals surface area contributed by atoms with Gasteiger partial charge in [-0.3, -0.25) is 18.9 Å². The number of aliphatic hydroxyl groups excluding tert-OH is 1. The summed E-state index contributed by atoms with van der Waals surface area (Å²) < 4.78 is 52.4. The standard InChI is InChI=1S/C33H39FN3O9P/c1-6-26(31(41)44-21(2)3)36-47(42,46-25-15-13-24(14-16-25)27(38)17-12-23-10-8-7-9-11-23)43-20-28-30(40)33(5,34)32(45-28)37-19-18-29(39)35-22(37)4/h7-19,21,26,28,30,32,40H,4,6,20H2,1-3,5H3,(H,35,39)(H,36,42)/b17-12+/t26-,28+,30+,32+,33+,47?/m0/s1. The van der Waals surface area contributed by atoms with Crippen molar-refractivity contribution in [3.63, 3.8) is 0 Å². The molecule has 0 radical (unpaired) electrons. The van der Waals surface area contributed by atoms with Gasteiger partial charge in [-0.25, -0.2) is 8.96 Å². The number of benzene rings is 2. The highest BCUT2D eigenvalue weighted by molar-refractivity contribution is 7.52. The van der Waals surface area contributed by atoms with E-state index in [9.17, 15) is 24.1 Å². The molecule has 1 unspecified atom stereocenters. The molecule has 3 N–H and O–H groups in total. The molecule has 2 aliphatic heterocycles. The monoisotopic (exact) mass is 671 g/mol. The molecule has 2 aliphatic rings. The van der Waals surface area contributed by atoms with Crippen LogP contribution in [0.15, 0.2) is 85.3 Å². The van der Waals surface area contributed by atoms with Crippen molar-refractivity contribution in [2.24, 2.45) is 0 Å². The van der Waals surface area contributed by atoms with E-state index in [1.165, 1.54) is 41.4 Å². The number of aliphatic hydroxyl groups is 1. The summed E-state index contributed by atoms with van der Waals surface area (Å²) in [6.07, 6.45) is 0.677. The third kappa shape index (κ3) is 9.03. The van der Waals surface area contributed by atoms with Gasteiger partial charge in [0.1, 0.15) is 29.8 Å². The van der Waals surface area contributed by atoms with E-state index < -0.39 is 62.5 Å². The molecule has 0 bridgehead atoms. The summed E-state index contributed by atoms with van der Waals surface area (Å²) >= 11 is 0. The van der Waals surface area contributed by atoms with Gasteiger partial charge in [0.15, 0.2) is 17.7 Å². The Morgan fingerprint density at radius 3 is 2.51 bits per heavy atom. The predicted octanol–water partition coefficient (Wildman–Crippen LogP) is 4.64. The number of nitrogens with one attached hydrogen (secondary N) is 2. The largest absolute Gasteiger partial charge is 0.462 e. The van der Waals surface area contributed by atoms with Crippen LogP contribution in [0.3, 0.4) is 0 Å². The molecule has 252 valence electrons. The zero-order valence-electron chi connectivity index (χ0n) is 26.5. The molecule has 0 spiro atoms. The number of amides is 1. The van der Waals surface area contributed by atoms with Gasteiger partial charge < -0.3 is 29.3 Å². The SMILES string of the molecule is C=C1NC(=O)C=CN1[C@@H]1O[C@H](COP(=O)(N[C@@H](CC)C(=O)OC(C)C)Oc2ccc(C(=O)/C=C/c3ccccc3)cc2)[C@@H](O)[C@@]1(C)F. The van der Waals surface area contributed by atoms with Crippen LogP contribution in [-0.4, -0.2) is 70.5 Å². The number of halogens is 1. The fraction of sp³-hybridized carbons (Fsp3) is 0.364. The summed E-state index contributed by atoms with van der Waals surface area (Å²) in [5.74, 6) is -1.38. The lowest BCUT2D eigenvalue weighted by Crippen LogP contribution is -2.51. The van der Waals surface area contributed by atoms with E-state index in [0.717, 1.165) is 18.6 Å². The molecular weight excluding hydrogens is 632 g/mol. The van der Waals surface area contributed by atoms with Crippen molar-refractivity contribution >= 4 is 31.5 Å². The van der Waals surface area contributed by atoms with Gasteiger partial charge in [0, 0.05) is 17.8 Å². The highest BCUT2D eigenvalue weighted by Gasteiger charge is 2.57. The van der Waals surface area contributed by atoms with Gasteiger partial charge >= 0.3 is 13.7 Å². The van der Waals surface area contributed by atoms with Crippen LogP contribution >= 0.6 is 7.75 Å². The number of allylic oxidation sites excluding steroid dienone is 1. The van der Waals surface area contributed by atoms with Crippen LogP contribution in [-0.2, 0) is 28.2 Å². The Kier molecular flexibility index (Phi) is 11.5. The number of carbonyl (C=O) groups excluding carboxylic acids is 3. The number of rotatable bonds is 14. The van der Waals surface area contributed by atoms with Crippen LogP contribution in [0.2, 0.25) is 0 Å². The lowest BCUT2D eigenvalue weighted by molar-refractivity contribution is -0.149. The highest BCUT2D eigenvalue weighted by Crippen LogP contribution is 2.47. The van der Waals surface area contributed by atoms with Crippen molar-refractivity contribution in [2.75, 3.05) is 6.61 Å². The molecule has 0 saturated carbocycles. The summed E-state index contributed by atoms with van der Waals surface area (Å²) in [5.41, 5.74) is -1.20. The fourth-order valence-electron chi connectivity index (χ4n) is 4.79. The quantitative estimate of drug-likeness (QED) is 0.112. The van der Waals surface area contributed by atoms with E-state index >= 15 is 4.39 Å². The molecule has 2 heterocycles. The fourth-order valence-corrected chi connectivity index (χ4v) is 6.38. The first-order valence-electron chi connectivity index (χ1n) is 15.0.